The lowest BCUT2D eigenvalue weighted by Gasteiger charge is -2.28. The normalized spacial score (nSPS) is 14.5. The molecule has 3 nitrogen and oxygen atoms in total. The summed E-state index contributed by atoms with van der Waals surface area (Å²) in [5.41, 5.74) is 0.946. The largest absolute Gasteiger partial charge is 0.497 e. The molecule has 0 heterocycles. The highest BCUT2D eigenvalue weighted by Crippen LogP contribution is 2.16. The van der Waals surface area contributed by atoms with Gasteiger partial charge in [0.25, 0.3) is 0 Å². The zero-order chi connectivity index (χ0) is 12.0. The van der Waals surface area contributed by atoms with Crippen molar-refractivity contribution >= 4 is 0 Å². The number of ether oxygens (including phenoxy) is 1. The fraction of sp³-hybridized carbons (Fsp3) is 0.538. The second kappa shape index (κ2) is 5.87. The van der Waals surface area contributed by atoms with Gasteiger partial charge in [0.2, 0.25) is 0 Å². The van der Waals surface area contributed by atoms with Crippen molar-refractivity contribution in [1.82, 2.24) is 5.32 Å². The lowest BCUT2D eigenvalue weighted by Crippen LogP contribution is -2.47. The van der Waals surface area contributed by atoms with Crippen LogP contribution < -0.4 is 10.1 Å². The summed E-state index contributed by atoms with van der Waals surface area (Å²) in [6, 6.07) is 7.95. The van der Waals surface area contributed by atoms with Crippen LogP contribution in [0, 0.1) is 0 Å². The summed E-state index contributed by atoms with van der Waals surface area (Å²) in [7, 11) is 1.66. The second-order valence-electron chi connectivity index (χ2n) is 4.27. The summed E-state index contributed by atoms with van der Waals surface area (Å²) < 4.78 is 5.11. The predicted octanol–water partition coefficient (Wildman–Crippen LogP) is 1.60. The zero-order valence-corrected chi connectivity index (χ0v) is 10.3. The summed E-state index contributed by atoms with van der Waals surface area (Å²) in [6.07, 6.45) is 0.807. The molecule has 0 aliphatic carbocycles. The molecule has 0 bridgehead atoms. The van der Waals surface area contributed by atoms with Crippen LogP contribution >= 0.6 is 0 Å². The van der Waals surface area contributed by atoms with Gasteiger partial charge in [0.15, 0.2) is 0 Å². The second-order valence-corrected chi connectivity index (χ2v) is 4.27. The smallest absolute Gasteiger partial charge is 0.118 e. The van der Waals surface area contributed by atoms with Gasteiger partial charge in [0, 0.05) is 5.54 Å². The number of benzene rings is 1. The van der Waals surface area contributed by atoms with E-state index < -0.39 is 0 Å². The monoisotopic (exact) mass is 223 g/mol. The van der Waals surface area contributed by atoms with Gasteiger partial charge in [-0.05, 0) is 37.6 Å². The van der Waals surface area contributed by atoms with Crippen LogP contribution in [0.1, 0.15) is 19.4 Å². The molecule has 0 aliphatic rings. The van der Waals surface area contributed by atoms with Gasteiger partial charge in [-0.15, -0.1) is 0 Å². The molecule has 1 aromatic carbocycles. The Morgan fingerprint density at radius 1 is 1.31 bits per heavy atom. The highest BCUT2D eigenvalue weighted by molar-refractivity contribution is 5.28. The molecule has 0 aromatic heterocycles. The van der Waals surface area contributed by atoms with Crippen molar-refractivity contribution in [1.29, 1.82) is 0 Å². The van der Waals surface area contributed by atoms with Crippen LogP contribution in [-0.4, -0.2) is 30.9 Å². The van der Waals surface area contributed by atoms with E-state index in [1.807, 2.05) is 38.1 Å². The van der Waals surface area contributed by atoms with Gasteiger partial charge in [-0.25, -0.2) is 0 Å². The van der Waals surface area contributed by atoms with E-state index in [4.69, 9.17) is 4.74 Å². The van der Waals surface area contributed by atoms with E-state index >= 15 is 0 Å². The van der Waals surface area contributed by atoms with Gasteiger partial charge in [-0.3, -0.25) is 0 Å². The molecule has 3 heteroatoms. The van der Waals surface area contributed by atoms with Crippen LogP contribution in [0.25, 0.3) is 0 Å². The molecule has 1 atom stereocenters. The number of hydrogen-bond donors (Lipinski definition) is 2. The first kappa shape index (κ1) is 13.0. The molecule has 0 saturated heterocycles. The molecule has 0 spiro atoms. The number of methoxy groups -OCH3 is 1. The van der Waals surface area contributed by atoms with Gasteiger partial charge in [0.1, 0.15) is 5.75 Å². The number of likely N-dealkylation sites (N-methyl/N-ethyl adjacent to an activating group) is 1. The minimum Gasteiger partial charge on any atom is -0.497 e. The summed E-state index contributed by atoms with van der Waals surface area (Å²) in [6.45, 7) is 5.06. The number of hydrogen-bond acceptors (Lipinski definition) is 3. The summed E-state index contributed by atoms with van der Waals surface area (Å²) in [5, 5.41) is 12.7. The van der Waals surface area contributed by atoms with Crippen molar-refractivity contribution in [2.45, 2.75) is 25.8 Å². The lowest BCUT2D eigenvalue weighted by atomic mass is 9.93. The third-order valence-corrected chi connectivity index (χ3v) is 2.71. The average molecular weight is 223 g/mol. The molecule has 0 aliphatic heterocycles. The van der Waals surface area contributed by atoms with Gasteiger partial charge < -0.3 is 15.2 Å². The number of aliphatic hydroxyl groups is 1. The first-order chi connectivity index (χ1) is 7.63. The third kappa shape index (κ3) is 3.51. The van der Waals surface area contributed by atoms with Crippen molar-refractivity contribution in [3.05, 3.63) is 29.8 Å². The highest BCUT2D eigenvalue weighted by Gasteiger charge is 2.22. The maximum atomic E-state index is 9.39. The van der Waals surface area contributed by atoms with E-state index in [9.17, 15) is 5.11 Å². The van der Waals surface area contributed by atoms with E-state index in [2.05, 4.69) is 5.32 Å². The van der Waals surface area contributed by atoms with Crippen LogP contribution in [0.2, 0.25) is 0 Å². The fourth-order valence-corrected chi connectivity index (χ4v) is 1.79. The van der Waals surface area contributed by atoms with E-state index in [-0.39, 0.29) is 12.1 Å². The topological polar surface area (TPSA) is 41.5 Å². The standard InChI is InChI=1S/C13H21NO2/c1-4-14-13(2,10-15)9-11-5-7-12(16-3)8-6-11/h5-8,14-15H,4,9-10H2,1-3H3. The van der Waals surface area contributed by atoms with Crippen molar-refractivity contribution < 1.29 is 9.84 Å². The maximum absolute atomic E-state index is 9.39. The predicted molar refractivity (Wildman–Crippen MR) is 65.9 cm³/mol. The molecule has 1 aromatic rings. The average Bonchev–Trinajstić information content (AvgIpc) is 2.30. The third-order valence-electron chi connectivity index (χ3n) is 2.71. The van der Waals surface area contributed by atoms with Gasteiger partial charge >= 0.3 is 0 Å². The van der Waals surface area contributed by atoms with Crippen LogP contribution in [0.3, 0.4) is 0 Å². The Kier molecular flexibility index (Phi) is 4.77. The summed E-state index contributed by atoms with van der Waals surface area (Å²) in [4.78, 5) is 0. The Hall–Kier alpha value is -1.06. The van der Waals surface area contributed by atoms with E-state index in [1.165, 1.54) is 5.56 Å². The van der Waals surface area contributed by atoms with Crippen molar-refractivity contribution in [3.8, 4) is 5.75 Å². The summed E-state index contributed by atoms with van der Waals surface area (Å²) in [5.74, 6) is 0.859. The highest BCUT2D eigenvalue weighted by atomic mass is 16.5. The van der Waals surface area contributed by atoms with Gasteiger partial charge in [-0.2, -0.15) is 0 Å². The Balaban J connectivity index is 2.70. The van der Waals surface area contributed by atoms with Crippen LogP contribution in [0.15, 0.2) is 24.3 Å². The number of nitrogens with one attached hydrogen (secondary N) is 1. The van der Waals surface area contributed by atoms with Gasteiger partial charge in [-0.1, -0.05) is 19.1 Å². The molecule has 2 N–H and O–H groups in total. The molecule has 1 rings (SSSR count). The number of aliphatic hydroxyl groups excluding tert-OH is 1. The van der Waals surface area contributed by atoms with E-state index in [0.29, 0.717) is 0 Å². The Labute approximate surface area is 97.4 Å². The maximum Gasteiger partial charge on any atom is 0.118 e. The van der Waals surface area contributed by atoms with E-state index in [0.717, 1.165) is 18.7 Å². The molecule has 90 valence electrons. The molecule has 0 amide bonds. The molecule has 0 radical (unpaired) electrons. The molecule has 1 unspecified atom stereocenters. The van der Waals surface area contributed by atoms with Crippen molar-refractivity contribution in [2.24, 2.45) is 0 Å². The minimum atomic E-state index is -0.247. The molecular weight excluding hydrogens is 202 g/mol. The van der Waals surface area contributed by atoms with Crippen LogP contribution in [0.5, 0.6) is 5.75 Å². The summed E-state index contributed by atoms with van der Waals surface area (Å²) >= 11 is 0. The quantitative estimate of drug-likeness (QED) is 0.769. The Morgan fingerprint density at radius 2 is 1.94 bits per heavy atom. The number of rotatable bonds is 6. The zero-order valence-electron chi connectivity index (χ0n) is 10.3. The van der Waals surface area contributed by atoms with Crippen molar-refractivity contribution in [2.75, 3.05) is 20.3 Å². The molecule has 0 saturated carbocycles. The Bertz CT molecular complexity index is 310. The molecule has 0 fully saturated rings. The molecular formula is C13H21NO2. The van der Waals surface area contributed by atoms with Gasteiger partial charge in [0.05, 0.1) is 13.7 Å². The first-order valence-corrected chi connectivity index (χ1v) is 5.62. The van der Waals surface area contributed by atoms with E-state index in [1.54, 1.807) is 7.11 Å². The van der Waals surface area contributed by atoms with Crippen molar-refractivity contribution in [3.63, 3.8) is 0 Å². The van der Waals surface area contributed by atoms with Crippen LogP contribution in [-0.2, 0) is 6.42 Å². The molecule has 16 heavy (non-hydrogen) atoms. The van der Waals surface area contributed by atoms with Crippen LogP contribution in [0.4, 0.5) is 0 Å². The SMILES string of the molecule is CCNC(C)(CO)Cc1ccc(OC)cc1. The minimum absolute atomic E-state index is 0.132. The fourth-order valence-electron chi connectivity index (χ4n) is 1.79. The lowest BCUT2D eigenvalue weighted by molar-refractivity contribution is 0.176. The first-order valence-electron chi connectivity index (χ1n) is 5.62. The Morgan fingerprint density at radius 3 is 2.38 bits per heavy atom.